The average Bonchev–Trinajstić information content (AvgIpc) is 3.67. The molecule has 0 N–H and O–H groups in total. The predicted molar refractivity (Wildman–Crippen MR) is 245 cm³/mol. The summed E-state index contributed by atoms with van der Waals surface area (Å²) in [5.74, 6) is 0. The smallest absolute Gasteiger partial charge is 0.135 e. The summed E-state index contributed by atoms with van der Waals surface area (Å²) in [6.45, 7) is 0. The first-order chi connectivity index (χ1) is 28.8. The van der Waals surface area contributed by atoms with Crippen molar-refractivity contribution in [1.29, 1.82) is 0 Å². The topological polar surface area (TPSA) is 16.4 Å². The van der Waals surface area contributed by atoms with Gasteiger partial charge in [-0.1, -0.05) is 188 Å². The lowest BCUT2D eigenvalue weighted by atomic mass is 9.90. The van der Waals surface area contributed by atoms with Gasteiger partial charge in [-0.3, -0.25) is 0 Å². The lowest BCUT2D eigenvalue weighted by Gasteiger charge is -2.31. The second kappa shape index (κ2) is 14.1. The number of furan rings is 1. The molecule has 0 amide bonds. The molecule has 0 bridgehead atoms. The van der Waals surface area contributed by atoms with Crippen LogP contribution < -0.4 is 4.90 Å². The fourth-order valence-corrected chi connectivity index (χ4v) is 8.80. The van der Waals surface area contributed by atoms with Crippen LogP contribution >= 0.6 is 0 Å². The average molecular weight is 740 g/mol. The molecule has 10 aromatic carbocycles. The van der Waals surface area contributed by atoms with Crippen molar-refractivity contribution in [1.82, 2.24) is 0 Å². The number of fused-ring (bicyclic) bond motifs is 5. The summed E-state index contributed by atoms with van der Waals surface area (Å²) in [4.78, 5) is 2.47. The predicted octanol–water partition coefficient (Wildman–Crippen LogP) is 16.0. The van der Waals surface area contributed by atoms with Crippen molar-refractivity contribution in [3.63, 3.8) is 0 Å². The lowest BCUT2D eigenvalue weighted by Crippen LogP contribution is -2.13. The maximum Gasteiger partial charge on any atom is 0.135 e. The Morgan fingerprint density at radius 2 is 0.879 bits per heavy atom. The van der Waals surface area contributed by atoms with Crippen molar-refractivity contribution >= 4 is 60.5 Å². The van der Waals surface area contributed by atoms with Crippen molar-refractivity contribution in [2.24, 2.45) is 0 Å². The normalized spacial score (nSPS) is 11.4. The molecule has 1 aromatic heterocycles. The minimum Gasteiger partial charge on any atom is -0.456 e. The highest BCUT2D eigenvalue weighted by molar-refractivity contribution is 6.11. The summed E-state index contributed by atoms with van der Waals surface area (Å²) < 4.78 is 6.39. The standard InChI is InChI=1S/C56H37NO/c1-3-16-39(17-4-1)46-34-32-42(45-27-13-21-38-20-7-8-24-44(38)45)36-53(46)57(43-33-35-55-51(37-43)49-26-10-12-31-54(49)58-55)52-30-11-9-25-48(52)50-29-15-23-41-22-14-28-47(56(41)50)40-18-5-2-6-19-40/h1-37H. The van der Waals surface area contributed by atoms with E-state index < -0.39 is 0 Å². The van der Waals surface area contributed by atoms with Crippen LogP contribution in [0.1, 0.15) is 0 Å². The largest absolute Gasteiger partial charge is 0.456 e. The van der Waals surface area contributed by atoms with E-state index in [4.69, 9.17) is 4.42 Å². The van der Waals surface area contributed by atoms with Gasteiger partial charge in [0.2, 0.25) is 0 Å². The maximum absolute atomic E-state index is 6.39. The van der Waals surface area contributed by atoms with Crippen molar-refractivity contribution in [3.05, 3.63) is 224 Å². The number of benzene rings is 10. The third-order valence-corrected chi connectivity index (χ3v) is 11.5. The molecule has 1 heterocycles. The highest BCUT2D eigenvalue weighted by Gasteiger charge is 2.24. The van der Waals surface area contributed by atoms with Gasteiger partial charge in [-0.15, -0.1) is 0 Å². The van der Waals surface area contributed by atoms with Gasteiger partial charge in [0.25, 0.3) is 0 Å². The number of hydrogen-bond acceptors (Lipinski definition) is 2. The summed E-state index contributed by atoms with van der Waals surface area (Å²) in [6.07, 6.45) is 0. The molecule has 0 saturated heterocycles. The third kappa shape index (κ3) is 5.74. The minimum atomic E-state index is 0.868. The molecule has 11 aromatic rings. The van der Waals surface area contributed by atoms with E-state index in [0.29, 0.717) is 0 Å². The Hall–Kier alpha value is -7.68. The van der Waals surface area contributed by atoms with Gasteiger partial charge in [-0.25, -0.2) is 0 Å². The van der Waals surface area contributed by atoms with Crippen LogP contribution in [0.15, 0.2) is 229 Å². The van der Waals surface area contributed by atoms with Gasteiger partial charge in [0.15, 0.2) is 0 Å². The van der Waals surface area contributed by atoms with Crippen molar-refractivity contribution < 1.29 is 4.42 Å². The molecule has 0 radical (unpaired) electrons. The molecule has 0 spiro atoms. The Balaban J connectivity index is 1.23. The van der Waals surface area contributed by atoms with Gasteiger partial charge < -0.3 is 9.32 Å². The Bertz CT molecular complexity index is 3280. The van der Waals surface area contributed by atoms with Crippen LogP contribution in [0.4, 0.5) is 17.1 Å². The van der Waals surface area contributed by atoms with Gasteiger partial charge in [0.05, 0.1) is 11.4 Å². The Kier molecular flexibility index (Phi) is 8.19. The van der Waals surface area contributed by atoms with Crippen LogP contribution in [0.3, 0.4) is 0 Å². The van der Waals surface area contributed by atoms with E-state index in [1.165, 1.54) is 43.8 Å². The fraction of sp³-hybridized carbons (Fsp3) is 0. The molecular weight excluding hydrogens is 703 g/mol. The van der Waals surface area contributed by atoms with Crippen LogP contribution in [-0.2, 0) is 0 Å². The molecular formula is C56H37NO. The highest BCUT2D eigenvalue weighted by Crippen LogP contribution is 2.49. The second-order valence-electron chi connectivity index (χ2n) is 14.8. The van der Waals surface area contributed by atoms with Gasteiger partial charge in [-0.2, -0.15) is 0 Å². The minimum absolute atomic E-state index is 0.868. The van der Waals surface area contributed by atoms with E-state index in [1.807, 2.05) is 12.1 Å². The van der Waals surface area contributed by atoms with Crippen LogP contribution in [0.5, 0.6) is 0 Å². The fourth-order valence-electron chi connectivity index (χ4n) is 8.80. The number of para-hydroxylation sites is 2. The Morgan fingerprint density at radius 1 is 0.293 bits per heavy atom. The van der Waals surface area contributed by atoms with E-state index in [0.717, 1.165) is 61.3 Å². The molecule has 0 aliphatic heterocycles. The van der Waals surface area contributed by atoms with Crippen LogP contribution in [0.2, 0.25) is 0 Å². The second-order valence-corrected chi connectivity index (χ2v) is 14.8. The third-order valence-electron chi connectivity index (χ3n) is 11.5. The zero-order valence-corrected chi connectivity index (χ0v) is 31.7. The summed E-state index contributed by atoms with van der Waals surface area (Å²) in [5.41, 5.74) is 14.3. The van der Waals surface area contributed by atoms with E-state index in [-0.39, 0.29) is 0 Å². The zero-order chi connectivity index (χ0) is 38.4. The molecule has 272 valence electrons. The molecule has 2 heteroatoms. The summed E-state index contributed by atoms with van der Waals surface area (Å²) in [6, 6.07) is 80.9. The van der Waals surface area contributed by atoms with E-state index in [1.54, 1.807) is 0 Å². The SMILES string of the molecule is c1ccc(-c2ccc(-c3cccc4ccccc34)cc2N(c2ccc3oc4ccccc4c3c2)c2ccccc2-c2cccc3cccc(-c4ccccc4)c23)cc1. The van der Waals surface area contributed by atoms with E-state index in [9.17, 15) is 0 Å². The van der Waals surface area contributed by atoms with Crippen LogP contribution in [0.25, 0.3) is 88.0 Å². The highest BCUT2D eigenvalue weighted by atomic mass is 16.3. The molecule has 0 fully saturated rings. The quantitative estimate of drug-likeness (QED) is 0.162. The number of anilines is 3. The van der Waals surface area contributed by atoms with Crippen LogP contribution in [0, 0.1) is 0 Å². The number of hydrogen-bond donors (Lipinski definition) is 0. The molecule has 0 unspecified atom stereocenters. The molecule has 58 heavy (non-hydrogen) atoms. The molecule has 0 saturated carbocycles. The molecule has 11 rings (SSSR count). The number of nitrogens with zero attached hydrogens (tertiary/aromatic N) is 1. The first-order valence-electron chi connectivity index (χ1n) is 19.8. The molecule has 0 aliphatic rings. The van der Waals surface area contributed by atoms with Gasteiger partial charge >= 0.3 is 0 Å². The summed E-state index contributed by atoms with van der Waals surface area (Å²) in [7, 11) is 0. The molecule has 0 aliphatic carbocycles. The number of rotatable bonds is 7. The Labute approximate surface area is 337 Å². The molecule has 2 nitrogen and oxygen atoms in total. The Morgan fingerprint density at radius 3 is 1.69 bits per heavy atom. The monoisotopic (exact) mass is 739 g/mol. The maximum atomic E-state index is 6.39. The van der Waals surface area contributed by atoms with E-state index in [2.05, 4.69) is 217 Å². The van der Waals surface area contributed by atoms with Crippen molar-refractivity contribution in [2.45, 2.75) is 0 Å². The van der Waals surface area contributed by atoms with Crippen LogP contribution in [-0.4, -0.2) is 0 Å². The first kappa shape index (κ1) is 33.6. The van der Waals surface area contributed by atoms with Gasteiger partial charge in [0.1, 0.15) is 11.2 Å². The first-order valence-corrected chi connectivity index (χ1v) is 19.8. The summed E-state index contributed by atoms with van der Waals surface area (Å²) >= 11 is 0. The van der Waals surface area contributed by atoms with Gasteiger partial charge in [-0.05, 0) is 91.3 Å². The van der Waals surface area contributed by atoms with Crippen molar-refractivity contribution in [2.75, 3.05) is 4.90 Å². The molecule has 0 atom stereocenters. The zero-order valence-electron chi connectivity index (χ0n) is 31.7. The van der Waals surface area contributed by atoms with E-state index >= 15 is 0 Å². The summed E-state index contributed by atoms with van der Waals surface area (Å²) in [5, 5.41) is 7.06. The van der Waals surface area contributed by atoms with Gasteiger partial charge in [0, 0.05) is 27.6 Å². The van der Waals surface area contributed by atoms with Crippen molar-refractivity contribution in [3.8, 4) is 44.5 Å². The lowest BCUT2D eigenvalue weighted by molar-refractivity contribution is 0.669.